The minimum absolute atomic E-state index is 0.282. The third kappa shape index (κ3) is 5.10. The first kappa shape index (κ1) is 17.5. The minimum Gasteiger partial charge on any atom is -0.379 e. The molecule has 0 spiro atoms. The molecule has 1 unspecified atom stereocenters. The molecule has 24 heavy (non-hydrogen) atoms. The Bertz CT molecular complexity index is 444. The lowest BCUT2D eigenvalue weighted by molar-refractivity contribution is -0.134. The molecule has 1 heterocycles. The summed E-state index contributed by atoms with van der Waals surface area (Å²) >= 11 is 0. The molecule has 0 aromatic heterocycles. The fraction of sp³-hybridized carbons (Fsp3) is 0.889. The quantitative estimate of drug-likeness (QED) is 0.419. The molecule has 1 amide bonds. The molecule has 6 nitrogen and oxygen atoms in total. The second-order valence-electron chi connectivity index (χ2n) is 7.41. The van der Waals surface area contributed by atoms with Crippen molar-refractivity contribution >= 4 is 11.9 Å². The SMILES string of the molecule is CN=C(NCCOCC1CC1)NC1CCN(C(=O)C2CCCC2)C1. The summed E-state index contributed by atoms with van der Waals surface area (Å²) in [6.07, 6.45) is 8.24. The van der Waals surface area contributed by atoms with E-state index >= 15 is 0 Å². The molecule has 2 N–H and O–H groups in total. The van der Waals surface area contributed by atoms with Crippen LogP contribution in [0, 0.1) is 11.8 Å². The van der Waals surface area contributed by atoms with Gasteiger partial charge in [-0.3, -0.25) is 9.79 Å². The summed E-state index contributed by atoms with van der Waals surface area (Å²) in [6.45, 7) is 4.05. The minimum atomic E-state index is 0.282. The third-order valence-electron chi connectivity index (χ3n) is 5.36. The maximum Gasteiger partial charge on any atom is 0.225 e. The molecule has 1 atom stereocenters. The lowest BCUT2D eigenvalue weighted by Crippen LogP contribution is -2.46. The number of amides is 1. The van der Waals surface area contributed by atoms with Crippen LogP contribution in [0.15, 0.2) is 4.99 Å². The number of nitrogens with one attached hydrogen (secondary N) is 2. The Balaban J connectivity index is 1.32. The first-order valence-corrected chi connectivity index (χ1v) is 9.60. The summed E-state index contributed by atoms with van der Waals surface area (Å²) in [5.41, 5.74) is 0. The molecule has 2 aliphatic carbocycles. The second kappa shape index (κ2) is 8.70. The highest BCUT2D eigenvalue weighted by molar-refractivity contribution is 5.81. The number of aliphatic imine (C=N–C) groups is 1. The zero-order valence-corrected chi connectivity index (χ0v) is 14.9. The van der Waals surface area contributed by atoms with Gasteiger partial charge in [-0.15, -0.1) is 0 Å². The number of nitrogens with zero attached hydrogens (tertiary/aromatic N) is 2. The maximum atomic E-state index is 12.5. The number of carbonyl (C=O) groups excluding carboxylic acids is 1. The second-order valence-corrected chi connectivity index (χ2v) is 7.41. The van der Waals surface area contributed by atoms with E-state index in [0.29, 0.717) is 18.6 Å². The van der Waals surface area contributed by atoms with Crippen LogP contribution < -0.4 is 10.6 Å². The largest absolute Gasteiger partial charge is 0.379 e. The number of guanidine groups is 1. The van der Waals surface area contributed by atoms with Gasteiger partial charge in [0.05, 0.1) is 6.61 Å². The van der Waals surface area contributed by atoms with Gasteiger partial charge in [0, 0.05) is 45.2 Å². The zero-order chi connectivity index (χ0) is 16.8. The van der Waals surface area contributed by atoms with Crippen molar-refractivity contribution in [1.82, 2.24) is 15.5 Å². The molecule has 6 heteroatoms. The first-order valence-electron chi connectivity index (χ1n) is 9.60. The van der Waals surface area contributed by atoms with Gasteiger partial charge in [0.15, 0.2) is 5.96 Å². The van der Waals surface area contributed by atoms with Gasteiger partial charge in [0.2, 0.25) is 5.91 Å². The van der Waals surface area contributed by atoms with Crippen LogP contribution in [0.3, 0.4) is 0 Å². The summed E-state index contributed by atoms with van der Waals surface area (Å²) in [7, 11) is 1.79. The molecular weight excluding hydrogens is 304 g/mol. The molecule has 0 aromatic carbocycles. The molecular formula is C18H32N4O2. The topological polar surface area (TPSA) is 66.0 Å². The Hall–Kier alpha value is -1.30. The van der Waals surface area contributed by atoms with Gasteiger partial charge in [-0.2, -0.15) is 0 Å². The van der Waals surface area contributed by atoms with Crippen molar-refractivity contribution in [2.24, 2.45) is 16.8 Å². The van der Waals surface area contributed by atoms with Crippen LogP contribution in [0.1, 0.15) is 44.9 Å². The Kier molecular flexibility index (Phi) is 6.35. The van der Waals surface area contributed by atoms with Crippen LogP contribution in [-0.2, 0) is 9.53 Å². The van der Waals surface area contributed by atoms with Crippen LogP contribution in [0.25, 0.3) is 0 Å². The van der Waals surface area contributed by atoms with Crippen molar-refractivity contribution in [2.45, 2.75) is 51.0 Å². The molecule has 1 aliphatic heterocycles. The number of rotatable bonds is 7. The van der Waals surface area contributed by atoms with Crippen molar-refractivity contribution < 1.29 is 9.53 Å². The lowest BCUT2D eigenvalue weighted by Gasteiger charge is -2.21. The van der Waals surface area contributed by atoms with E-state index in [1.54, 1.807) is 7.05 Å². The molecule has 1 saturated heterocycles. The van der Waals surface area contributed by atoms with Gasteiger partial charge in [0.1, 0.15) is 0 Å². The highest BCUT2D eigenvalue weighted by Crippen LogP contribution is 2.29. The van der Waals surface area contributed by atoms with E-state index in [4.69, 9.17) is 4.74 Å². The molecule has 3 rings (SSSR count). The van der Waals surface area contributed by atoms with E-state index < -0.39 is 0 Å². The summed E-state index contributed by atoms with van der Waals surface area (Å²) in [5.74, 6) is 2.27. The van der Waals surface area contributed by atoms with Crippen LogP contribution >= 0.6 is 0 Å². The number of hydrogen-bond acceptors (Lipinski definition) is 3. The average molecular weight is 336 g/mol. The van der Waals surface area contributed by atoms with E-state index in [0.717, 1.165) is 57.4 Å². The number of ether oxygens (including phenoxy) is 1. The summed E-state index contributed by atoms with van der Waals surface area (Å²) in [4.78, 5) is 18.8. The molecule has 3 fully saturated rings. The Morgan fingerprint density at radius 1 is 1.21 bits per heavy atom. The van der Waals surface area contributed by atoms with E-state index in [-0.39, 0.29) is 5.92 Å². The van der Waals surface area contributed by atoms with E-state index in [1.807, 2.05) is 4.90 Å². The van der Waals surface area contributed by atoms with Crippen molar-refractivity contribution in [1.29, 1.82) is 0 Å². The van der Waals surface area contributed by atoms with Crippen LogP contribution in [0.5, 0.6) is 0 Å². The van der Waals surface area contributed by atoms with Gasteiger partial charge in [-0.1, -0.05) is 12.8 Å². The summed E-state index contributed by atoms with van der Waals surface area (Å²) in [5, 5.41) is 6.74. The third-order valence-corrected chi connectivity index (χ3v) is 5.36. The molecule has 2 saturated carbocycles. The molecule has 3 aliphatic rings. The predicted octanol–water partition coefficient (Wildman–Crippen LogP) is 1.37. The highest BCUT2D eigenvalue weighted by Gasteiger charge is 2.32. The molecule has 0 bridgehead atoms. The molecule has 0 radical (unpaired) electrons. The van der Waals surface area contributed by atoms with Gasteiger partial charge in [-0.25, -0.2) is 0 Å². The predicted molar refractivity (Wildman–Crippen MR) is 95.0 cm³/mol. The standard InChI is InChI=1S/C18H32N4O2/c1-19-18(20-9-11-24-13-14-6-7-14)21-16-8-10-22(12-16)17(23)15-4-2-3-5-15/h14-16H,2-13H2,1H3,(H2,19,20,21). The smallest absolute Gasteiger partial charge is 0.225 e. The van der Waals surface area contributed by atoms with Gasteiger partial charge < -0.3 is 20.3 Å². The normalized spacial score (nSPS) is 25.3. The number of likely N-dealkylation sites (tertiary alicyclic amines) is 1. The van der Waals surface area contributed by atoms with Gasteiger partial charge in [0.25, 0.3) is 0 Å². The van der Waals surface area contributed by atoms with Crippen molar-refractivity contribution in [3.63, 3.8) is 0 Å². The van der Waals surface area contributed by atoms with Crippen LogP contribution in [-0.4, -0.2) is 62.7 Å². The Morgan fingerprint density at radius 2 is 2.00 bits per heavy atom. The monoisotopic (exact) mass is 336 g/mol. The van der Waals surface area contributed by atoms with Crippen molar-refractivity contribution in [3.8, 4) is 0 Å². The van der Waals surface area contributed by atoms with Crippen LogP contribution in [0.2, 0.25) is 0 Å². The van der Waals surface area contributed by atoms with Crippen molar-refractivity contribution in [3.05, 3.63) is 0 Å². The van der Waals surface area contributed by atoms with Crippen LogP contribution in [0.4, 0.5) is 0 Å². The van der Waals surface area contributed by atoms with Gasteiger partial charge in [-0.05, 0) is 38.0 Å². The Labute approximate surface area is 145 Å². The fourth-order valence-corrected chi connectivity index (χ4v) is 3.67. The maximum absolute atomic E-state index is 12.5. The summed E-state index contributed by atoms with van der Waals surface area (Å²) < 4.78 is 5.63. The lowest BCUT2D eigenvalue weighted by atomic mass is 10.1. The number of carbonyl (C=O) groups is 1. The van der Waals surface area contributed by atoms with Gasteiger partial charge >= 0.3 is 0 Å². The zero-order valence-electron chi connectivity index (χ0n) is 14.9. The average Bonchev–Trinajstić information content (AvgIpc) is 3.07. The van der Waals surface area contributed by atoms with Crippen molar-refractivity contribution in [2.75, 3.05) is 39.9 Å². The summed E-state index contributed by atoms with van der Waals surface area (Å²) in [6, 6.07) is 0.300. The highest BCUT2D eigenvalue weighted by atomic mass is 16.5. The van der Waals surface area contributed by atoms with E-state index in [1.165, 1.54) is 25.7 Å². The number of hydrogen-bond donors (Lipinski definition) is 2. The Morgan fingerprint density at radius 3 is 2.71 bits per heavy atom. The fourth-order valence-electron chi connectivity index (χ4n) is 3.67. The molecule has 136 valence electrons. The van der Waals surface area contributed by atoms with E-state index in [9.17, 15) is 4.79 Å². The molecule has 0 aromatic rings. The van der Waals surface area contributed by atoms with E-state index in [2.05, 4.69) is 15.6 Å². The first-order chi connectivity index (χ1) is 11.8.